The van der Waals surface area contributed by atoms with Crippen LogP contribution in [0.15, 0.2) is 35.3 Å². The van der Waals surface area contributed by atoms with Gasteiger partial charge in [-0.15, -0.1) is 11.3 Å². The Morgan fingerprint density at radius 2 is 1.96 bits per heavy atom. The van der Waals surface area contributed by atoms with Crippen molar-refractivity contribution in [1.29, 1.82) is 0 Å². The van der Waals surface area contributed by atoms with Crippen molar-refractivity contribution in [3.63, 3.8) is 0 Å². The van der Waals surface area contributed by atoms with Gasteiger partial charge in [0, 0.05) is 4.70 Å². The Morgan fingerprint density at radius 1 is 1.22 bits per heavy atom. The molecule has 0 fully saturated rings. The topological polar surface area (TPSA) is 95.8 Å². The minimum atomic E-state index is -0.624. The number of urea groups is 1. The number of hydrogen-bond acceptors (Lipinski definition) is 5. The van der Waals surface area contributed by atoms with Gasteiger partial charge < -0.3 is 5.73 Å². The van der Waals surface area contributed by atoms with Crippen molar-refractivity contribution < 1.29 is 19.0 Å². The standard InChI is InChI=1S/C19H20N4O3S/c1-3-9-22-16(20)15(18(25)23(10-4-2)19(22)26)21-17(24)14-11-12-7-5-6-8-13(12)27-14/h5-8,11,20H,3-4,9-10H2,1-2H3/p+1. The number of amidine groups is 1. The quantitative estimate of drug-likeness (QED) is 0.800. The van der Waals surface area contributed by atoms with Crippen LogP contribution in [0.3, 0.4) is 0 Å². The Balaban J connectivity index is 2.04. The summed E-state index contributed by atoms with van der Waals surface area (Å²) in [5, 5.41) is 0.938. The fourth-order valence-electron chi connectivity index (χ4n) is 2.91. The van der Waals surface area contributed by atoms with Crippen LogP contribution in [-0.4, -0.2) is 52.0 Å². The lowest BCUT2D eigenvalue weighted by Crippen LogP contribution is -2.58. The van der Waals surface area contributed by atoms with Gasteiger partial charge in [0.15, 0.2) is 0 Å². The third kappa shape index (κ3) is 3.52. The maximum absolute atomic E-state index is 12.7. The average molecular weight is 385 g/mol. The molecule has 4 amide bonds. The second-order valence-electron chi connectivity index (χ2n) is 6.19. The zero-order chi connectivity index (χ0) is 19.6. The van der Waals surface area contributed by atoms with E-state index in [0.717, 1.165) is 15.0 Å². The molecular formula is C19H21N4O3S+. The highest BCUT2D eigenvalue weighted by molar-refractivity contribution is 7.20. The van der Waals surface area contributed by atoms with Gasteiger partial charge >= 0.3 is 11.9 Å². The lowest BCUT2D eigenvalue weighted by molar-refractivity contribution is -0.436. The van der Waals surface area contributed by atoms with Crippen molar-refractivity contribution >= 4 is 50.8 Å². The highest BCUT2D eigenvalue weighted by Gasteiger charge is 2.43. The molecule has 0 saturated heterocycles. The largest absolute Gasteiger partial charge is 0.446 e. The average Bonchev–Trinajstić information content (AvgIpc) is 3.10. The van der Waals surface area contributed by atoms with Crippen molar-refractivity contribution in [2.45, 2.75) is 26.7 Å². The third-order valence-electron chi connectivity index (χ3n) is 4.19. The maximum atomic E-state index is 12.7. The van der Waals surface area contributed by atoms with E-state index < -0.39 is 17.8 Å². The molecule has 1 aliphatic heterocycles. The van der Waals surface area contributed by atoms with E-state index in [1.54, 1.807) is 6.07 Å². The zero-order valence-corrected chi connectivity index (χ0v) is 16.1. The molecule has 0 unspecified atom stereocenters. The molecule has 0 spiro atoms. The molecule has 2 heterocycles. The first-order valence-electron chi connectivity index (χ1n) is 8.85. The Hall–Kier alpha value is -2.87. The van der Waals surface area contributed by atoms with Crippen LogP contribution in [0.4, 0.5) is 4.79 Å². The highest BCUT2D eigenvalue weighted by atomic mass is 32.1. The number of imide groups is 1. The third-order valence-corrected chi connectivity index (χ3v) is 5.29. The molecule has 1 aliphatic rings. The second kappa shape index (κ2) is 7.79. The first kappa shape index (κ1) is 18.9. The molecule has 27 heavy (non-hydrogen) atoms. The number of aliphatic imine (C=N–C) groups is 1. The molecular weight excluding hydrogens is 364 g/mol. The van der Waals surface area contributed by atoms with Crippen LogP contribution < -0.4 is 5.73 Å². The normalized spacial score (nSPS) is 16.7. The molecule has 0 saturated carbocycles. The van der Waals surface area contributed by atoms with Gasteiger partial charge in [0.1, 0.15) is 0 Å². The number of fused-ring (bicyclic) bond motifs is 1. The number of benzene rings is 1. The van der Waals surface area contributed by atoms with Crippen LogP contribution in [0.25, 0.3) is 10.1 Å². The summed E-state index contributed by atoms with van der Waals surface area (Å²) in [5.74, 6) is -1.22. The van der Waals surface area contributed by atoms with Crippen molar-refractivity contribution in [1.82, 2.24) is 4.90 Å². The molecule has 140 valence electrons. The number of thiophene rings is 1. The molecule has 1 aromatic heterocycles. The van der Waals surface area contributed by atoms with E-state index in [1.807, 2.05) is 38.1 Å². The van der Waals surface area contributed by atoms with E-state index in [1.165, 1.54) is 15.9 Å². The molecule has 8 heteroatoms. The molecule has 0 radical (unpaired) electrons. The first-order chi connectivity index (χ1) is 13.0. The Morgan fingerprint density at radius 3 is 2.63 bits per heavy atom. The number of hydrogen-bond donors (Lipinski definition) is 1. The number of nitrogens with two attached hydrogens (primary N) is 1. The van der Waals surface area contributed by atoms with Gasteiger partial charge in [0.05, 0.1) is 18.0 Å². The summed E-state index contributed by atoms with van der Waals surface area (Å²) in [6.07, 6.45) is 1.27. The van der Waals surface area contributed by atoms with E-state index in [9.17, 15) is 14.4 Å². The molecule has 7 nitrogen and oxygen atoms in total. The molecule has 2 N–H and O–H groups in total. The molecule has 2 aromatic rings. The van der Waals surface area contributed by atoms with E-state index in [4.69, 9.17) is 5.73 Å². The summed E-state index contributed by atoms with van der Waals surface area (Å²) in [4.78, 5) is 43.5. The number of carbonyl (C=O) groups excluding carboxylic acids is 3. The van der Waals surface area contributed by atoms with Gasteiger partial charge in [-0.1, -0.05) is 32.0 Å². The number of amides is 4. The lowest BCUT2D eigenvalue weighted by Gasteiger charge is -2.22. The van der Waals surface area contributed by atoms with Crippen LogP contribution in [0, 0.1) is 0 Å². The Kier molecular flexibility index (Phi) is 5.46. The van der Waals surface area contributed by atoms with Gasteiger partial charge in [-0.05, 0) is 30.4 Å². The fraction of sp³-hybridized carbons (Fsp3) is 0.316. The second-order valence-corrected chi connectivity index (χ2v) is 7.27. The van der Waals surface area contributed by atoms with Crippen LogP contribution in [-0.2, 0) is 4.79 Å². The van der Waals surface area contributed by atoms with Gasteiger partial charge in [-0.3, -0.25) is 4.79 Å². The smallest absolute Gasteiger partial charge is 0.316 e. The SMILES string of the molecule is CCCN1C(=O)C(=NC(=O)c2cc3ccccc3s2)C(N)=[N+](CCC)C1=O. The van der Waals surface area contributed by atoms with Crippen LogP contribution in [0.1, 0.15) is 36.4 Å². The van der Waals surface area contributed by atoms with E-state index in [-0.39, 0.29) is 18.1 Å². The van der Waals surface area contributed by atoms with Crippen molar-refractivity contribution in [3.8, 4) is 0 Å². The van der Waals surface area contributed by atoms with Gasteiger partial charge in [-0.2, -0.15) is 14.5 Å². The zero-order valence-electron chi connectivity index (χ0n) is 15.3. The van der Waals surface area contributed by atoms with E-state index in [0.29, 0.717) is 24.3 Å². The van der Waals surface area contributed by atoms with E-state index in [2.05, 4.69) is 4.99 Å². The minimum absolute atomic E-state index is 0.0614. The molecule has 3 rings (SSSR count). The summed E-state index contributed by atoms with van der Waals surface area (Å²) in [5.41, 5.74) is 5.88. The molecule has 1 aromatic carbocycles. The van der Waals surface area contributed by atoms with Crippen LogP contribution in [0.2, 0.25) is 0 Å². The van der Waals surface area contributed by atoms with E-state index >= 15 is 0 Å². The predicted octanol–water partition coefficient (Wildman–Crippen LogP) is 2.63. The fourth-order valence-corrected chi connectivity index (χ4v) is 3.86. The molecule has 0 aliphatic carbocycles. The predicted molar refractivity (Wildman–Crippen MR) is 106 cm³/mol. The minimum Gasteiger partial charge on any atom is -0.316 e. The van der Waals surface area contributed by atoms with Gasteiger partial charge in [0.2, 0.25) is 5.71 Å². The summed E-state index contributed by atoms with van der Waals surface area (Å²) in [6.45, 7) is 4.38. The number of carbonyl (C=O) groups is 3. The van der Waals surface area contributed by atoms with Crippen molar-refractivity contribution in [2.24, 2.45) is 10.7 Å². The highest BCUT2D eigenvalue weighted by Crippen LogP contribution is 2.26. The van der Waals surface area contributed by atoms with Gasteiger partial charge in [-0.25, -0.2) is 9.59 Å². The summed E-state index contributed by atoms with van der Waals surface area (Å²) in [7, 11) is 0. The maximum Gasteiger partial charge on any atom is 0.446 e. The molecule has 0 atom stereocenters. The summed E-state index contributed by atoms with van der Waals surface area (Å²) < 4.78 is 2.28. The van der Waals surface area contributed by atoms with Crippen molar-refractivity contribution in [2.75, 3.05) is 13.1 Å². The first-order valence-corrected chi connectivity index (χ1v) is 9.67. The van der Waals surface area contributed by atoms with Gasteiger partial charge in [0.25, 0.3) is 11.7 Å². The number of nitrogens with zero attached hydrogens (tertiary/aromatic N) is 3. The monoisotopic (exact) mass is 385 g/mol. The Labute approximate surface area is 160 Å². The van der Waals surface area contributed by atoms with Crippen molar-refractivity contribution in [3.05, 3.63) is 35.2 Å². The number of rotatable bonds is 5. The Bertz CT molecular complexity index is 957. The van der Waals surface area contributed by atoms with Crippen LogP contribution >= 0.6 is 11.3 Å². The van der Waals surface area contributed by atoms with Crippen LogP contribution in [0.5, 0.6) is 0 Å². The molecule has 0 bridgehead atoms. The summed E-state index contributed by atoms with van der Waals surface area (Å²) in [6, 6.07) is 8.89. The lowest BCUT2D eigenvalue weighted by atomic mass is 10.2. The summed E-state index contributed by atoms with van der Waals surface area (Å²) >= 11 is 1.31.